The Morgan fingerprint density at radius 2 is 2.00 bits per heavy atom. The number of carboxylic acid groups (broad SMARTS) is 1. The van der Waals surface area contributed by atoms with E-state index in [2.05, 4.69) is 5.32 Å². The molecule has 0 amide bonds. The Bertz CT molecular complexity index is 453. The smallest absolute Gasteiger partial charge is 0.329 e. The van der Waals surface area contributed by atoms with Crippen molar-refractivity contribution in [3.63, 3.8) is 0 Å². The molecular weight excluding hydrogens is 250 g/mol. The molecule has 0 radical (unpaired) electrons. The van der Waals surface area contributed by atoms with Gasteiger partial charge in [0.15, 0.2) is 0 Å². The third-order valence-corrected chi connectivity index (χ3v) is 4.08. The van der Waals surface area contributed by atoms with E-state index in [0.717, 1.165) is 30.5 Å². The van der Waals surface area contributed by atoms with Crippen LogP contribution in [0.25, 0.3) is 0 Å². The lowest BCUT2D eigenvalue weighted by Crippen LogP contribution is -2.47. The Morgan fingerprint density at radius 3 is 2.56 bits per heavy atom. The molecule has 0 heterocycles. The Balaban J connectivity index is 2.23. The molecule has 1 aromatic carbocycles. The topological polar surface area (TPSA) is 49.3 Å². The number of hydrogen-bond acceptors (Lipinski definition) is 2. The molecule has 0 atom stereocenters. The van der Waals surface area contributed by atoms with Crippen molar-refractivity contribution >= 4 is 23.3 Å². The van der Waals surface area contributed by atoms with Gasteiger partial charge in [0.25, 0.3) is 0 Å². The summed E-state index contributed by atoms with van der Waals surface area (Å²) in [4.78, 5) is 11.5. The molecule has 1 aliphatic carbocycles. The highest BCUT2D eigenvalue weighted by Gasteiger charge is 2.39. The molecule has 0 saturated heterocycles. The standard InChI is InChI=1S/C14H18ClNO2/c1-10-5-6-11(9-12(10)15)16-14(13(17)18)7-3-2-4-8-14/h5-6,9,16H,2-4,7-8H2,1H3,(H,17,18). The predicted octanol–water partition coefficient (Wildman–Crippen LogP) is 3.85. The maximum absolute atomic E-state index is 11.5. The van der Waals surface area contributed by atoms with E-state index in [0.29, 0.717) is 17.9 Å². The van der Waals surface area contributed by atoms with Gasteiger partial charge in [-0.1, -0.05) is 36.9 Å². The normalized spacial score (nSPS) is 18.3. The van der Waals surface area contributed by atoms with Gasteiger partial charge in [-0.2, -0.15) is 0 Å². The highest BCUT2D eigenvalue weighted by atomic mass is 35.5. The molecule has 2 N–H and O–H groups in total. The number of anilines is 1. The van der Waals surface area contributed by atoms with Crippen molar-refractivity contribution in [1.82, 2.24) is 0 Å². The van der Waals surface area contributed by atoms with Gasteiger partial charge in [-0.3, -0.25) is 0 Å². The van der Waals surface area contributed by atoms with Crippen LogP contribution < -0.4 is 5.32 Å². The van der Waals surface area contributed by atoms with E-state index in [1.807, 2.05) is 19.1 Å². The van der Waals surface area contributed by atoms with Gasteiger partial charge in [-0.25, -0.2) is 4.79 Å². The largest absolute Gasteiger partial charge is 0.480 e. The summed E-state index contributed by atoms with van der Waals surface area (Å²) in [5, 5.41) is 13.3. The van der Waals surface area contributed by atoms with Gasteiger partial charge >= 0.3 is 5.97 Å². The van der Waals surface area contributed by atoms with Crippen molar-refractivity contribution in [3.05, 3.63) is 28.8 Å². The summed E-state index contributed by atoms with van der Waals surface area (Å²) < 4.78 is 0. The number of halogens is 1. The molecule has 18 heavy (non-hydrogen) atoms. The van der Waals surface area contributed by atoms with Gasteiger partial charge < -0.3 is 10.4 Å². The Morgan fingerprint density at radius 1 is 1.33 bits per heavy atom. The van der Waals surface area contributed by atoms with Gasteiger partial charge in [0.1, 0.15) is 5.54 Å². The molecule has 1 fully saturated rings. The van der Waals surface area contributed by atoms with Crippen LogP contribution in [0, 0.1) is 6.92 Å². The summed E-state index contributed by atoms with van der Waals surface area (Å²) in [6, 6.07) is 5.60. The minimum absolute atomic E-state index is 0.663. The highest BCUT2D eigenvalue weighted by molar-refractivity contribution is 6.31. The van der Waals surface area contributed by atoms with E-state index < -0.39 is 11.5 Å². The quantitative estimate of drug-likeness (QED) is 0.875. The summed E-state index contributed by atoms with van der Waals surface area (Å²) in [7, 11) is 0. The molecule has 98 valence electrons. The number of benzene rings is 1. The van der Waals surface area contributed by atoms with Gasteiger partial charge in [-0.05, 0) is 37.5 Å². The molecule has 1 aliphatic rings. The van der Waals surface area contributed by atoms with E-state index in [-0.39, 0.29) is 0 Å². The van der Waals surface area contributed by atoms with Crippen LogP contribution >= 0.6 is 11.6 Å². The van der Waals surface area contributed by atoms with Crippen LogP contribution in [0.3, 0.4) is 0 Å². The fourth-order valence-electron chi connectivity index (χ4n) is 2.49. The summed E-state index contributed by atoms with van der Waals surface area (Å²) >= 11 is 6.07. The molecule has 1 aromatic rings. The molecule has 0 aliphatic heterocycles. The van der Waals surface area contributed by atoms with Crippen LogP contribution in [0.4, 0.5) is 5.69 Å². The van der Waals surface area contributed by atoms with E-state index in [1.165, 1.54) is 0 Å². The lowest BCUT2D eigenvalue weighted by atomic mass is 9.81. The zero-order valence-corrected chi connectivity index (χ0v) is 11.3. The van der Waals surface area contributed by atoms with E-state index in [9.17, 15) is 9.90 Å². The molecule has 3 nitrogen and oxygen atoms in total. The Kier molecular flexibility index (Phi) is 3.81. The number of rotatable bonds is 3. The average Bonchev–Trinajstić information content (AvgIpc) is 2.35. The minimum atomic E-state index is -0.823. The fraction of sp³-hybridized carbons (Fsp3) is 0.500. The van der Waals surface area contributed by atoms with Crippen LogP contribution in [-0.2, 0) is 4.79 Å². The average molecular weight is 268 g/mol. The molecule has 0 aromatic heterocycles. The predicted molar refractivity (Wildman–Crippen MR) is 73.3 cm³/mol. The van der Waals surface area contributed by atoms with Crippen LogP contribution in [-0.4, -0.2) is 16.6 Å². The third kappa shape index (κ3) is 2.61. The lowest BCUT2D eigenvalue weighted by Gasteiger charge is -2.35. The number of hydrogen-bond donors (Lipinski definition) is 2. The number of carboxylic acids is 1. The summed E-state index contributed by atoms with van der Waals surface area (Å²) in [5.74, 6) is -0.765. The van der Waals surface area contributed by atoms with Gasteiger partial charge in [0, 0.05) is 10.7 Å². The molecule has 0 unspecified atom stereocenters. The number of nitrogens with one attached hydrogen (secondary N) is 1. The first-order valence-electron chi connectivity index (χ1n) is 6.31. The number of carbonyl (C=O) groups is 1. The first kappa shape index (κ1) is 13.2. The number of aryl methyl sites for hydroxylation is 1. The molecule has 2 rings (SSSR count). The van der Waals surface area contributed by atoms with E-state index in [4.69, 9.17) is 11.6 Å². The Labute approximate surface area is 112 Å². The summed E-state index contributed by atoms with van der Waals surface area (Å²) in [6.07, 6.45) is 4.38. The van der Waals surface area contributed by atoms with Crippen molar-refractivity contribution in [1.29, 1.82) is 0 Å². The SMILES string of the molecule is Cc1ccc(NC2(C(=O)O)CCCCC2)cc1Cl. The van der Waals surface area contributed by atoms with E-state index >= 15 is 0 Å². The Hall–Kier alpha value is -1.22. The van der Waals surface area contributed by atoms with Gasteiger partial charge in [-0.15, -0.1) is 0 Å². The molecule has 1 saturated carbocycles. The second-order valence-corrected chi connectivity index (χ2v) is 5.44. The van der Waals surface area contributed by atoms with Crippen LogP contribution in [0.1, 0.15) is 37.7 Å². The van der Waals surface area contributed by atoms with Gasteiger partial charge in [0.05, 0.1) is 0 Å². The zero-order valence-electron chi connectivity index (χ0n) is 10.5. The maximum atomic E-state index is 11.5. The first-order chi connectivity index (χ1) is 8.53. The molecular formula is C14H18ClNO2. The van der Waals surface area contributed by atoms with Crippen molar-refractivity contribution < 1.29 is 9.90 Å². The van der Waals surface area contributed by atoms with Crippen LogP contribution in [0.2, 0.25) is 5.02 Å². The summed E-state index contributed by atoms with van der Waals surface area (Å²) in [6.45, 7) is 1.93. The van der Waals surface area contributed by atoms with Crippen molar-refractivity contribution in [2.45, 2.75) is 44.6 Å². The second kappa shape index (κ2) is 5.19. The fourth-order valence-corrected chi connectivity index (χ4v) is 2.68. The molecule has 4 heteroatoms. The van der Waals surface area contributed by atoms with Crippen LogP contribution in [0.5, 0.6) is 0 Å². The monoisotopic (exact) mass is 267 g/mol. The van der Waals surface area contributed by atoms with Crippen molar-refractivity contribution in [2.24, 2.45) is 0 Å². The second-order valence-electron chi connectivity index (χ2n) is 5.04. The highest BCUT2D eigenvalue weighted by Crippen LogP contribution is 2.33. The van der Waals surface area contributed by atoms with Crippen molar-refractivity contribution in [3.8, 4) is 0 Å². The third-order valence-electron chi connectivity index (χ3n) is 3.67. The minimum Gasteiger partial charge on any atom is -0.480 e. The molecule has 0 spiro atoms. The zero-order chi connectivity index (χ0) is 13.2. The number of aliphatic carboxylic acids is 1. The lowest BCUT2D eigenvalue weighted by molar-refractivity contribution is -0.143. The van der Waals surface area contributed by atoms with E-state index in [1.54, 1.807) is 6.07 Å². The maximum Gasteiger partial charge on any atom is 0.329 e. The van der Waals surface area contributed by atoms with Crippen LogP contribution in [0.15, 0.2) is 18.2 Å². The molecule has 0 bridgehead atoms. The van der Waals surface area contributed by atoms with Crippen molar-refractivity contribution in [2.75, 3.05) is 5.32 Å². The van der Waals surface area contributed by atoms with Gasteiger partial charge in [0.2, 0.25) is 0 Å². The first-order valence-corrected chi connectivity index (χ1v) is 6.69. The summed E-state index contributed by atoms with van der Waals surface area (Å²) in [5.41, 5.74) is 0.960.